The zero-order chi connectivity index (χ0) is 26.2. The molecule has 0 bridgehead atoms. The molecule has 0 aliphatic carbocycles. The number of urea groups is 1. The van der Waals surface area contributed by atoms with Gasteiger partial charge in [-0.3, -0.25) is 0 Å². The van der Waals surface area contributed by atoms with Crippen molar-refractivity contribution >= 4 is 6.03 Å². The zero-order valence-corrected chi connectivity index (χ0v) is 25.1. The SMILES string of the molecule is CCCCCCCCCCCCCCCCCCNC(=O)NCCCCCCCCCCCCCC. The topological polar surface area (TPSA) is 41.1 Å². The van der Waals surface area contributed by atoms with Crippen molar-refractivity contribution in [2.75, 3.05) is 13.1 Å². The smallest absolute Gasteiger partial charge is 0.314 e. The lowest BCUT2D eigenvalue weighted by Crippen LogP contribution is -2.36. The van der Waals surface area contributed by atoms with E-state index in [2.05, 4.69) is 24.5 Å². The van der Waals surface area contributed by atoms with Crippen LogP contribution in [0.4, 0.5) is 4.79 Å². The molecule has 0 aliphatic rings. The van der Waals surface area contributed by atoms with Crippen LogP contribution in [0.3, 0.4) is 0 Å². The Labute approximate surface area is 228 Å². The highest BCUT2D eigenvalue weighted by atomic mass is 16.2. The number of amides is 2. The van der Waals surface area contributed by atoms with Crippen molar-refractivity contribution in [2.24, 2.45) is 0 Å². The Morgan fingerprint density at radius 3 is 0.750 bits per heavy atom. The van der Waals surface area contributed by atoms with Crippen LogP contribution in [-0.4, -0.2) is 19.1 Å². The number of carbonyl (C=O) groups is 1. The Hall–Kier alpha value is -0.730. The lowest BCUT2D eigenvalue weighted by Gasteiger charge is -2.08. The maximum absolute atomic E-state index is 11.9. The minimum Gasteiger partial charge on any atom is -0.338 e. The lowest BCUT2D eigenvalue weighted by molar-refractivity contribution is 0.240. The van der Waals surface area contributed by atoms with Crippen LogP contribution in [-0.2, 0) is 0 Å². The molecule has 2 N–H and O–H groups in total. The van der Waals surface area contributed by atoms with Gasteiger partial charge in [-0.05, 0) is 12.8 Å². The third-order valence-electron chi connectivity index (χ3n) is 7.63. The predicted octanol–water partition coefficient (Wildman–Crippen LogP) is 11.2. The fraction of sp³-hybridized carbons (Fsp3) is 0.970. The van der Waals surface area contributed by atoms with Crippen LogP contribution in [0.1, 0.15) is 194 Å². The predicted molar refractivity (Wildman–Crippen MR) is 162 cm³/mol. The first-order valence-electron chi connectivity index (χ1n) is 16.8. The largest absolute Gasteiger partial charge is 0.338 e. The molecule has 2 amide bonds. The lowest BCUT2D eigenvalue weighted by atomic mass is 10.0. The maximum atomic E-state index is 11.9. The van der Waals surface area contributed by atoms with Crippen molar-refractivity contribution in [3.8, 4) is 0 Å². The molecule has 0 aliphatic heterocycles. The summed E-state index contributed by atoms with van der Waals surface area (Å²) in [4.78, 5) is 11.9. The standard InChI is InChI=1S/C33H68N2O/c1-3-5-7-9-11-13-15-17-18-19-20-22-24-26-28-30-32-35-33(36)34-31-29-27-25-23-21-16-14-12-10-8-6-4-2/h3-32H2,1-2H3,(H2,34,35,36). The third-order valence-corrected chi connectivity index (χ3v) is 7.63. The van der Waals surface area contributed by atoms with E-state index in [0.717, 1.165) is 25.9 Å². The molecular weight excluding hydrogens is 440 g/mol. The molecule has 0 saturated carbocycles. The van der Waals surface area contributed by atoms with Gasteiger partial charge in [-0.2, -0.15) is 0 Å². The molecule has 0 atom stereocenters. The second kappa shape index (κ2) is 32.3. The van der Waals surface area contributed by atoms with E-state index in [4.69, 9.17) is 0 Å². The van der Waals surface area contributed by atoms with Crippen LogP contribution >= 0.6 is 0 Å². The molecule has 216 valence electrons. The molecule has 0 unspecified atom stereocenters. The van der Waals surface area contributed by atoms with Gasteiger partial charge in [0.05, 0.1) is 0 Å². The average Bonchev–Trinajstić information content (AvgIpc) is 2.88. The van der Waals surface area contributed by atoms with Gasteiger partial charge in [-0.15, -0.1) is 0 Å². The Morgan fingerprint density at radius 1 is 0.333 bits per heavy atom. The molecule has 0 rings (SSSR count). The van der Waals surface area contributed by atoms with Gasteiger partial charge in [0.1, 0.15) is 0 Å². The number of rotatable bonds is 30. The summed E-state index contributed by atoms with van der Waals surface area (Å²) in [5.41, 5.74) is 0. The quantitative estimate of drug-likeness (QED) is 0.0930. The summed E-state index contributed by atoms with van der Waals surface area (Å²) in [7, 11) is 0. The molecule has 0 saturated heterocycles. The Morgan fingerprint density at radius 2 is 0.528 bits per heavy atom. The van der Waals surface area contributed by atoms with Gasteiger partial charge in [-0.25, -0.2) is 4.79 Å². The molecule has 0 fully saturated rings. The van der Waals surface area contributed by atoms with Crippen LogP contribution in [0.15, 0.2) is 0 Å². The molecule has 0 aromatic carbocycles. The molecule has 0 spiro atoms. The van der Waals surface area contributed by atoms with E-state index in [1.807, 2.05) is 0 Å². The fourth-order valence-corrected chi connectivity index (χ4v) is 5.11. The summed E-state index contributed by atoms with van der Waals surface area (Å²) >= 11 is 0. The first-order chi connectivity index (χ1) is 17.8. The van der Waals surface area contributed by atoms with Gasteiger partial charge in [0.2, 0.25) is 0 Å². The van der Waals surface area contributed by atoms with Gasteiger partial charge in [0.25, 0.3) is 0 Å². The summed E-state index contributed by atoms with van der Waals surface area (Å²) in [6, 6.07) is 0.0269. The van der Waals surface area contributed by atoms with Crippen molar-refractivity contribution in [1.29, 1.82) is 0 Å². The summed E-state index contributed by atoms with van der Waals surface area (Å²) in [5, 5.41) is 6.05. The number of unbranched alkanes of at least 4 members (excludes halogenated alkanes) is 26. The van der Waals surface area contributed by atoms with Crippen LogP contribution in [0, 0.1) is 0 Å². The molecule has 36 heavy (non-hydrogen) atoms. The van der Waals surface area contributed by atoms with E-state index >= 15 is 0 Å². The summed E-state index contributed by atoms with van der Waals surface area (Å²) < 4.78 is 0. The van der Waals surface area contributed by atoms with Gasteiger partial charge in [0.15, 0.2) is 0 Å². The number of carbonyl (C=O) groups excluding carboxylic acids is 1. The first-order valence-corrected chi connectivity index (χ1v) is 16.8. The van der Waals surface area contributed by atoms with Crippen LogP contribution in [0.5, 0.6) is 0 Å². The molecule has 3 nitrogen and oxygen atoms in total. The monoisotopic (exact) mass is 509 g/mol. The van der Waals surface area contributed by atoms with Crippen molar-refractivity contribution < 1.29 is 4.79 Å². The molecular formula is C33H68N2O. The molecule has 0 heterocycles. The molecule has 0 radical (unpaired) electrons. The normalized spacial score (nSPS) is 11.2. The molecule has 3 heteroatoms. The van der Waals surface area contributed by atoms with Crippen LogP contribution < -0.4 is 10.6 Å². The zero-order valence-electron chi connectivity index (χ0n) is 25.1. The highest BCUT2D eigenvalue weighted by Crippen LogP contribution is 2.14. The highest BCUT2D eigenvalue weighted by molar-refractivity contribution is 5.73. The Bertz CT molecular complexity index is 412. The van der Waals surface area contributed by atoms with Gasteiger partial charge >= 0.3 is 6.03 Å². The Balaban J connectivity index is 3.13. The highest BCUT2D eigenvalue weighted by Gasteiger charge is 1.99. The minimum absolute atomic E-state index is 0.0269. The van der Waals surface area contributed by atoms with Crippen molar-refractivity contribution in [2.45, 2.75) is 194 Å². The maximum Gasteiger partial charge on any atom is 0.314 e. The van der Waals surface area contributed by atoms with Gasteiger partial charge < -0.3 is 10.6 Å². The number of hydrogen-bond acceptors (Lipinski definition) is 1. The van der Waals surface area contributed by atoms with E-state index in [9.17, 15) is 4.79 Å². The van der Waals surface area contributed by atoms with Gasteiger partial charge in [0, 0.05) is 13.1 Å². The van der Waals surface area contributed by atoms with Crippen molar-refractivity contribution in [3.05, 3.63) is 0 Å². The van der Waals surface area contributed by atoms with Crippen LogP contribution in [0.25, 0.3) is 0 Å². The molecule has 0 aromatic rings. The first kappa shape index (κ1) is 35.3. The van der Waals surface area contributed by atoms with Gasteiger partial charge in [-0.1, -0.05) is 181 Å². The van der Waals surface area contributed by atoms with E-state index in [1.165, 1.54) is 167 Å². The van der Waals surface area contributed by atoms with E-state index in [1.54, 1.807) is 0 Å². The number of nitrogens with one attached hydrogen (secondary N) is 2. The summed E-state index contributed by atoms with van der Waals surface area (Å²) in [5.74, 6) is 0. The van der Waals surface area contributed by atoms with Crippen molar-refractivity contribution in [3.63, 3.8) is 0 Å². The third kappa shape index (κ3) is 31.3. The van der Waals surface area contributed by atoms with E-state index < -0.39 is 0 Å². The number of hydrogen-bond donors (Lipinski definition) is 2. The Kier molecular flexibility index (Phi) is 31.6. The van der Waals surface area contributed by atoms with Crippen LogP contribution in [0.2, 0.25) is 0 Å². The second-order valence-corrected chi connectivity index (χ2v) is 11.4. The summed E-state index contributed by atoms with van der Waals surface area (Å²) in [6.45, 7) is 6.22. The van der Waals surface area contributed by atoms with E-state index in [0.29, 0.717) is 0 Å². The van der Waals surface area contributed by atoms with Crippen molar-refractivity contribution in [1.82, 2.24) is 10.6 Å². The average molecular weight is 509 g/mol. The second-order valence-electron chi connectivity index (χ2n) is 11.4. The fourth-order valence-electron chi connectivity index (χ4n) is 5.11. The summed E-state index contributed by atoms with van der Waals surface area (Å²) in [6.07, 6.45) is 38.5. The minimum atomic E-state index is 0.0269. The van der Waals surface area contributed by atoms with E-state index in [-0.39, 0.29) is 6.03 Å². The molecule has 0 aromatic heterocycles.